The number of nitrogens with one attached hydrogen (secondary N) is 1. The van der Waals surface area contributed by atoms with E-state index in [1.165, 1.54) is 24.9 Å². The zero-order valence-corrected chi connectivity index (χ0v) is 16.5. The smallest absolute Gasteiger partial charge is 0.226 e. The van der Waals surface area contributed by atoms with Crippen LogP contribution < -0.4 is 5.32 Å². The molecule has 3 rings (SSSR count). The molecule has 1 amide bonds. The number of carbonyl (C=O) groups excluding carboxylic acids is 1. The van der Waals surface area contributed by atoms with Gasteiger partial charge in [0.15, 0.2) is 0 Å². The second-order valence-electron chi connectivity index (χ2n) is 8.10. The molecule has 0 aromatic heterocycles. The van der Waals surface area contributed by atoms with Crippen LogP contribution in [0.25, 0.3) is 0 Å². The van der Waals surface area contributed by atoms with E-state index < -0.39 is 0 Å². The zero-order valence-electron chi connectivity index (χ0n) is 15.7. The number of piperidine rings is 1. The van der Waals surface area contributed by atoms with E-state index in [0.29, 0.717) is 18.4 Å². The molecular weight excluding hydrogens is 332 g/mol. The summed E-state index contributed by atoms with van der Waals surface area (Å²) in [4.78, 5) is 14.6. The van der Waals surface area contributed by atoms with Crippen molar-refractivity contribution in [2.75, 3.05) is 19.6 Å². The van der Waals surface area contributed by atoms with Gasteiger partial charge in [-0.15, -0.1) is 12.4 Å². The fraction of sp³-hybridized carbons (Fsp3) is 0.667. The number of carbonyl (C=O) groups is 1. The molecule has 2 fully saturated rings. The monoisotopic (exact) mass is 364 g/mol. The van der Waals surface area contributed by atoms with E-state index >= 15 is 0 Å². The largest absolute Gasteiger partial charge is 0.342 e. The third-order valence-electron chi connectivity index (χ3n) is 5.26. The Kier molecular flexibility index (Phi) is 7.77. The van der Waals surface area contributed by atoms with Gasteiger partial charge in [-0.1, -0.05) is 38.1 Å². The average molecular weight is 365 g/mol. The van der Waals surface area contributed by atoms with Crippen molar-refractivity contribution in [1.82, 2.24) is 10.2 Å². The number of benzene rings is 1. The molecule has 1 N–H and O–H groups in total. The van der Waals surface area contributed by atoms with Crippen LogP contribution >= 0.6 is 12.4 Å². The number of likely N-dealkylation sites (tertiary alicyclic amines) is 1. The lowest BCUT2D eigenvalue weighted by molar-refractivity contribution is -0.131. The second-order valence-corrected chi connectivity index (χ2v) is 8.10. The minimum Gasteiger partial charge on any atom is -0.342 e. The maximum absolute atomic E-state index is 12.5. The highest BCUT2D eigenvalue weighted by Gasteiger charge is 2.25. The molecule has 1 aliphatic heterocycles. The van der Waals surface area contributed by atoms with Crippen LogP contribution in [-0.4, -0.2) is 36.5 Å². The lowest BCUT2D eigenvalue weighted by atomic mass is 10.00. The van der Waals surface area contributed by atoms with Crippen LogP contribution in [0.2, 0.25) is 0 Å². The number of amides is 1. The van der Waals surface area contributed by atoms with Crippen LogP contribution in [0.1, 0.15) is 50.7 Å². The summed E-state index contributed by atoms with van der Waals surface area (Å²) in [6.45, 7) is 7.47. The Labute approximate surface area is 159 Å². The van der Waals surface area contributed by atoms with E-state index in [-0.39, 0.29) is 18.3 Å². The summed E-state index contributed by atoms with van der Waals surface area (Å²) in [5.41, 5.74) is 2.50. The van der Waals surface area contributed by atoms with Crippen LogP contribution in [0, 0.1) is 11.8 Å². The van der Waals surface area contributed by atoms with Gasteiger partial charge in [0.25, 0.3) is 0 Å². The van der Waals surface area contributed by atoms with Gasteiger partial charge < -0.3 is 10.2 Å². The van der Waals surface area contributed by atoms with Crippen LogP contribution in [0.4, 0.5) is 0 Å². The Balaban J connectivity index is 0.00000225. The molecule has 1 aromatic carbocycles. The average Bonchev–Trinajstić information content (AvgIpc) is 3.39. The van der Waals surface area contributed by atoms with Crippen molar-refractivity contribution >= 4 is 18.3 Å². The topological polar surface area (TPSA) is 32.3 Å². The van der Waals surface area contributed by atoms with Gasteiger partial charge in [-0.2, -0.15) is 0 Å². The molecule has 2 aliphatic rings. The first-order valence-corrected chi connectivity index (χ1v) is 9.69. The normalized spacial score (nSPS) is 18.3. The van der Waals surface area contributed by atoms with Crippen molar-refractivity contribution < 1.29 is 4.79 Å². The summed E-state index contributed by atoms with van der Waals surface area (Å²) in [5.74, 6) is 1.89. The highest BCUT2D eigenvalue weighted by molar-refractivity contribution is 5.85. The van der Waals surface area contributed by atoms with Crippen molar-refractivity contribution in [3.63, 3.8) is 0 Å². The minimum atomic E-state index is 0. The maximum atomic E-state index is 12.5. The number of hydrogen-bond acceptors (Lipinski definition) is 2. The fourth-order valence-electron chi connectivity index (χ4n) is 3.54. The zero-order chi connectivity index (χ0) is 16.9. The number of halogens is 1. The Hall–Kier alpha value is -1.06. The lowest BCUT2D eigenvalue weighted by Gasteiger charge is -2.32. The third-order valence-corrected chi connectivity index (χ3v) is 5.26. The first-order valence-electron chi connectivity index (χ1n) is 9.69. The van der Waals surface area contributed by atoms with Gasteiger partial charge >= 0.3 is 0 Å². The van der Waals surface area contributed by atoms with Crippen molar-refractivity contribution in [3.8, 4) is 0 Å². The Morgan fingerprint density at radius 2 is 1.68 bits per heavy atom. The van der Waals surface area contributed by atoms with E-state index in [4.69, 9.17) is 0 Å². The predicted octanol–water partition coefficient (Wildman–Crippen LogP) is 3.84. The fourth-order valence-corrected chi connectivity index (χ4v) is 3.54. The molecule has 25 heavy (non-hydrogen) atoms. The second kappa shape index (κ2) is 9.59. The van der Waals surface area contributed by atoms with Crippen molar-refractivity contribution in [1.29, 1.82) is 0 Å². The molecular formula is C21H33ClN2O. The van der Waals surface area contributed by atoms with Crippen molar-refractivity contribution in [2.45, 2.75) is 58.4 Å². The van der Waals surface area contributed by atoms with E-state index in [9.17, 15) is 4.79 Å². The van der Waals surface area contributed by atoms with Gasteiger partial charge in [0, 0.05) is 19.1 Å². The van der Waals surface area contributed by atoms with Crippen LogP contribution in [0.3, 0.4) is 0 Å². The van der Waals surface area contributed by atoms with Gasteiger partial charge in [-0.25, -0.2) is 0 Å². The van der Waals surface area contributed by atoms with Gasteiger partial charge in [0.1, 0.15) is 0 Å². The van der Waals surface area contributed by atoms with Crippen LogP contribution in [-0.2, 0) is 17.6 Å². The quantitative estimate of drug-likeness (QED) is 0.797. The van der Waals surface area contributed by atoms with Crippen molar-refractivity contribution in [3.05, 3.63) is 35.4 Å². The number of nitrogens with zero attached hydrogens (tertiary/aromatic N) is 1. The summed E-state index contributed by atoms with van der Waals surface area (Å²) in [7, 11) is 0. The molecule has 3 nitrogen and oxygen atoms in total. The molecule has 1 aromatic rings. The summed E-state index contributed by atoms with van der Waals surface area (Å²) in [6, 6.07) is 9.22. The number of rotatable bonds is 7. The lowest BCUT2D eigenvalue weighted by Crippen LogP contribution is -2.45. The summed E-state index contributed by atoms with van der Waals surface area (Å²) < 4.78 is 0. The van der Waals surface area contributed by atoms with Gasteiger partial charge in [-0.3, -0.25) is 4.79 Å². The molecule has 0 radical (unpaired) electrons. The predicted molar refractivity (Wildman–Crippen MR) is 106 cm³/mol. The first kappa shape index (κ1) is 20.3. The maximum Gasteiger partial charge on any atom is 0.226 e. The van der Waals surface area contributed by atoms with Crippen LogP contribution in [0.5, 0.6) is 0 Å². The highest BCUT2D eigenvalue weighted by Crippen LogP contribution is 2.28. The summed E-state index contributed by atoms with van der Waals surface area (Å²) in [6.07, 6.45) is 6.66. The summed E-state index contributed by atoms with van der Waals surface area (Å²) in [5, 5.41) is 3.68. The SMILES string of the molecule is CC(C)Cc1ccc(CC(=O)N2CCC(NCC3CC3)CC2)cc1.Cl. The Morgan fingerprint density at radius 1 is 1.08 bits per heavy atom. The molecule has 140 valence electrons. The molecule has 1 aliphatic carbocycles. The first-order chi connectivity index (χ1) is 11.6. The molecule has 4 heteroatoms. The Bertz CT molecular complexity index is 531. The van der Waals surface area contributed by atoms with Crippen molar-refractivity contribution in [2.24, 2.45) is 11.8 Å². The molecule has 1 saturated heterocycles. The standard InChI is InChI=1S/C21H32N2O.ClH/c1-16(2)13-17-3-5-18(6-4-17)14-21(24)23-11-9-20(10-12-23)22-15-19-7-8-19;/h3-6,16,19-20,22H,7-15H2,1-2H3;1H. The van der Waals surface area contributed by atoms with Gasteiger partial charge in [0.2, 0.25) is 5.91 Å². The van der Waals surface area contributed by atoms with E-state index in [1.807, 2.05) is 0 Å². The molecule has 0 bridgehead atoms. The molecule has 1 saturated carbocycles. The van der Waals surface area contributed by atoms with E-state index in [0.717, 1.165) is 43.8 Å². The van der Waals surface area contributed by atoms with Gasteiger partial charge in [-0.05, 0) is 61.6 Å². The number of hydrogen-bond donors (Lipinski definition) is 1. The van der Waals surface area contributed by atoms with Crippen LogP contribution in [0.15, 0.2) is 24.3 Å². The molecule has 0 unspecified atom stereocenters. The van der Waals surface area contributed by atoms with Gasteiger partial charge in [0.05, 0.1) is 6.42 Å². The third kappa shape index (κ3) is 6.63. The molecule has 0 spiro atoms. The summed E-state index contributed by atoms with van der Waals surface area (Å²) >= 11 is 0. The minimum absolute atomic E-state index is 0. The van der Waals surface area contributed by atoms with E-state index in [2.05, 4.69) is 48.3 Å². The molecule has 0 atom stereocenters. The van der Waals surface area contributed by atoms with E-state index in [1.54, 1.807) is 0 Å². The molecule has 1 heterocycles. The highest BCUT2D eigenvalue weighted by atomic mass is 35.5. The Morgan fingerprint density at radius 3 is 2.24 bits per heavy atom.